The molecule has 332 valence electrons. The van der Waals surface area contributed by atoms with E-state index in [1.807, 2.05) is 0 Å². The van der Waals surface area contributed by atoms with Crippen LogP contribution >= 0.6 is 0 Å². The summed E-state index contributed by atoms with van der Waals surface area (Å²) < 4.78 is 39.2. The molecule has 2 heterocycles. The summed E-state index contributed by atoms with van der Waals surface area (Å²) in [5.74, 6) is -1.67. The van der Waals surface area contributed by atoms with Gasteiger partial charge in [0, 0.05) is 12.5 Å². The highest BCUT2D eigenvalue weighted by molar-refractivity contribution is 6.10. The molecule has 1 saturated carbocycles. The van der Waals surface area contributed by atoms with E-state index in [9.17, 15) is 65.8 Å². The SMILES string of the molecule is COc1cc(/C=C/C(=O)CC(=O)/C=C/c2ccc(O[C@@H]3O[C@H](CO)[C@@H](O)[C@H](O[C@@H]4O[C@H](CO)[C@@H](O)[C@H](O[C@@H]5C[C@H](CO)[C@@H](O)[C@H](O)[C@H]5O)[C@H]4O)[C@H]3O)c(OC)c2)ccc1O. The fraction of sp³-hybridized carbons (Fsp3) is 0.550. The van der Waals surface area contributed by atoms with Crippen molar-refractivity contribution in [3.8, 4) is 23.0 Å². The molecule has 3 fully saturated rings. The van der Waals surface area contributed by atoms with E-state index in [1.54, 1.807) is 6.07 Å². The van der Waals surface area contributed by atoms with E-state index in [0.717, 1.165) is 0 Å². The third kappa shape index (κ3) is 10.9. The largest absolute Gasteiger partial charge is 0.504 e. The Kier molecular flexibility index (Phi) is 16.5. The van der Waals surface area contributed by atoms with Gasteiger partial charge in [0.05, 0.1) is 46.1 Å². The first-order chi connectivity index (χ1) is 28.6. The fourth-order valence-electron chi connectivity index (χ4n) is 7.07. The topological polar surface area (TPSA) is 321 Å². The molecule has 2 saturated heterocycles. The molecule has 0 amide bonds. The number of phenolic OH excluding ortho intramolecular Hbond substituents is 1. The van der Waals surface area contributed by atoms with Crippen LogP contribution < -0.4 is 14.2 Å². The first-order valence-electron chi connectivity index (χ1n) is 19.0. The average Bonchev–Trinajstić information content (AvgIpc) is 3.24. The minimum Gasteiger partial charge on any atom is -0.504 e. The van der Waals surface area contributed by atoms with Crippen LogP contribution in [0.2, 0.25) is 0 Å². The second-order valence-electron chi connectivity index (χ2n) is 14.5. The molecule has 0 bridgehead atoms. The summed E-state index contributed by atoms with van der Waals surface area (Å²) >= 11 is 0. The Labute approximate surface area is 343 Å². The maximum atomic E-state index is 12.6. The Morgan fingerprint density at radius 1 is 0.633 bits per heavy atom. The van der Waals surface area contributed by atoms with Crippen molar-refractivity contribution in [1.82, 2.24) is 0 Å². The van der Waals surface area contributed by atoms with Crippen molar-refractivity contribution in [2.24, 2.45) is 5.92 Å². The number of rotatable bonds is 17. The zero-order valence-corrected chi connectivity index (χ0v) is 32.6. The van der Waals surface area contributed by atoms with Gasteiger partial charge in [-0.05, 0) is 54.0 Å². The quantitative estimate of drug-likeness (QED) is 0.0564. The number of hydrogen-bond donors (Lipinski definition) is 11. The highest BCUT2D eigenvalue weighted by atomic mass is 16.7. The van der Waals surface area contributed by atoms with Gasteiger partial charge in [0.25, 0.3) is 0 Å². The van der Waals surface area contributed by atoms with Gasteiger partial charge in [-0.3, -0.25) is 9.59 Å². The number of methoxy groups -OCH3 is 2. The first-order valence-corrected chi connectivity index (χ1v) is 19.0. The molecule has 2 aromatic rings. The van der Waals surface area contributed by atoms with Crippen LogP contribution in [0.25, 0.3) is 12.2 Å². The zero-order chi connectivity index (χ0) is 43.8. The molecular formula is C40H52O20. The van der Waals surface area contributed by atoms with Crippen LogP contribution in [-0.2, 0) is 28.5 Å². The Balaban J connectivity index is 1.25. The summed E-state index contributed by atoms with van der Waals surface area (Å²) in [5.41, 5.74) is 1.02. The maximum absolute atomic E-state index is 12.6. The number of aliphatic hydroxyl groups excluding tert-OH is 10. The Bertz CT molecular complexity index is 1800. The number of carbonyl (C=O) groups excluding carboxylic acids is 2. The molecule has 0 spiro atoms. The Morgan fingerprint density at radius 3 is 1.73 bits per heavy atom. The molecule has 0 aromatic heterocycles. The molecule has 2 aromatic carbocycles. The third-order valence-electron chi connectivity index (χ3n) is 10.5. The van der Waals surface area contributed by atoms with Crippen LogP contribution in [0.3, 0.4) is 0 Å². The van der Waals surface area contributed by atoms with Crippen LogP contribution in [0.1, 0.15) is 24.0 Å². The predicted octanol–water partition coefficient (Wildman–Crippen LogP) is -2.84. The number of phenols is 1. The smallest absolute Gasteiger partial charge is 0.229 e. The number of aromatic hydroxyl groups is 1. The van der Waals surface area contributed by atoms with E-state index in [2.05, 4.69) is 0 Å². The van der Waals surface area contributed by atoms with Crippen molar-refractivity contribution in [1.29, 1.82) is 0 Å². The van der Waals surface area contributed by atoms with Gasteiger partial charge in [-0.1, -0.05) is 24.3 Å². The molecule has 0 radical (unpaired) electrons. The van der Waals surface area contributed by atoms with E-state index in [0.29, 0.717) is 11.1 Å². The summed E-state index contributed by atoms with van der Waals surface area (Å²) in [5, 5.41) is 115. The minimum atomic E-state index is -1.93. The molecule has 0 unspecified atom stereocenters. The van der Waals surface area contributed by atoms with Gasteiger partial charge in [-0.25, -0.2) is 0 Å². The highest BCUT2D eigenvalue weighted by Gasteiger charge is 2.53. The number of ether oxygens (including phenoxy) is 7. The first kappa shape index (κ1) is 47.0. The van der Waals surface area contributed by atoms with Gasteiger partial charge in [-0.15, -0.1) is 0 Å². The summed E-state index contributed by atoms with van der Waals surface area (Å²) in [6, 6.07) is 8.90. The minimum absolute atomic E-state index is 0.00607. The Morgan fingerprint density at radius 2 is 1.17 bits per heavy atom. The van der Waals surface area contributed by atoms with Gasteiger partial charge in [0.15, 0.2) is 40.9 Å². The molecule has 2 aliphatic heterocycles. The maximum Gasteiger partial charge on any atom is 0.229 e. The van der Waals surface area contributed by atoms with Gasteiger partial charge in [0.1, 0.15) is 61.0 Å². The standard InChI is InChI=1S/C40H52O20/c1-54-25-11-18(5-9-23(25)46)3-7-21(44)14-22(45)8-4-19-6-10-24(26(12-19)55-2)57-39-36(53)38(33(50)29(17-43)58-39)60-40-35(52)37(32(49)28(16-42)59-40)56-27-13-20(15-41)30(47)34(51)31(27)48/h3-12,20,27-43,46-53H,13-17H2,1-2H3/b7-3+,8-4+/t20-,27-,28-,29-,30-,31+,32-,33-,34+,35-,36-,37+,38+,39-,40+/m1/s1. The molecule has 60 heavy (non-hydrogen) atoms. The number of allylic oxidation sites excluding steroid dienone is 2. The van der Waals surface area contributed by atoms with Gasteiger partial charge >= 0.3 is 0 Å². The van der Waals surface area contributed by atoms with Gasteiger partial charge in [-0.2, -0.15) is 0 Å². The number of hydrogen-bond acceptors (Lipinski definition) is 20. The lowest BCUT2D eigenvalue weighted by molar-refractivity contribution is -0.360. The molecular weight excluding hydrogens is 800 g/mol. The molecule has 20 nitrogen and oxygen atoms in total. The Hall–Kier alpha value is -4.10. The number of aliphatic hydroxyl groups is 10. The van der Waals surface area contributed by atoms with Crippen molar-refractivity contribution in [2.75, 3.05) is 34.0 Å². The molecule has 20 heteroatoms. The van der Waals surface area contributed by atoms with Crippen LogP contribution in [-0.4, -0.2) is 188 Å². The van der Waals surface area contributed by atoms with E-state index in [-0.39, 0.29) is 29.4 Å². The van der Waals surface area contributed by atoms with Crippen LogP contribution in [0.5, 0.6) is 23.0 Å². The zero-order valence-electron chi connectivity index (χ0n) is 32.6. The lowest BCUT2D eigenvalue weighted by atomic mass is 9.81. The van der Waals surface area contributed by atoms with Crippen LogP contribution in [0.4, 0.5) is 0 Å². The summed E-state index contributed by atoms with van der Waals surface area (Å²) in [4.78, 5) is 25.0. The van der Waals surface area contributed by atoms with E-state index in [4.69, 9.17) is 33.2 Å². The normalized spacial score (nSPS) is 34.8. The molecule has 3 aliphatic rings. The van der Waals surface area contributed by atoms with Crippen LogP contribution in [0, 0.1) is 5.92 Å². The van der Waals surface area contributed by atoms with Crippen molar-refractivity contribution in [3.63, 3.8) is 0 Å². The summed E-state index contributed by atoms with van der Waals surface area (Å²) in [7, 11) is 2.70. The summed E-state index contributed by atoms with van der Waals surface area (Å²) in [6.07, 6.45) is -18.7. The van der Waals surface area contributed by atoms with Crippen molar-refractivity contribution in [3.05, 3.63) is 59.7 Å². The third-order valence-corrected chi connectivity index (χ3v) is 10.5. The van der Waals surface area contributed by atoms with Crippen molar-refractivity contribution in [2.45, 2.75) is 98.7 Å². The number of benzene rings is 2. The lowest BCUT2D eigenvalue weighted by Gasteiger charge is -2.48. The molecule has 15 atom stereocenters. The number of carbonyl (C=O) groups is 2. The van der Waals surface area contributed by atoms with Crippen molar-refractivity contribution < 1.29 is 98.9 Å². The second kappa shape index (κ2) is 21.1. The average molecular weight is 853 g/mol. The van der Waals surface area contributed by atoms with Crippen molar-refractivity contribution >= 4 is 23.7 Å². The molecule has 11 N–H and O–H groups in total. The number of ketones is 2. The fourth-order valence-corrected chi connectivity index (χ4v) is 7.07. The molecule has 5 rings (SSSR count). The van der Waals surface area contributed by atoms with Gasteiger partial charge < -0.3 is 89.3 Å². The second-order valence-corrected chi connectivity index (χ2v) is 14.5. The lowest BCUT2D eigenvalue weighted by Crippen LogP contribution is -2.66. The van der Waals surface area contributed by atoms with E-state index >= 15 is 0 Å². The summed E-state index contributed by atoms with van der Waals surface area (Å²) in [6.45, 7) is -2.22. The highest BCUT2D eigenvalue weighted by Crippen LogP contribution is 2.36. The van der Waals surface area contributed by atoms with E-state index < -0.39 is 130 Å². The predicted molar refractivity (Wildman–Crippen MR) is 203 cm³/mol. The molecule has 1 aliphatic carbocycles. The van der Waals surface area contributed by atoms with Gasteiger partial charge in [0.2, 0.25) is 6.29 Å². The van der Waals surface area contributed by atoms with Crippen LogP contribution in [0.15, 0.2) is 48.6 Å². The van der Waals surface area contributed by atoms with E-state index in [1.165, 1.54) is 68.9 Å². The monoisotopic (exact) mass is 852 g/mol.